The van der Waals surface area contributed by atoms with Crippen molar-refractivity contribution in [1.82, 2.24) is 0 Å². The summed E-state index contributed by atoms with van der Waals surface area (Å²) in [5.74, 6) is 0. The summed E-state index contributed by atoms with van der Waals surface area (Å²) in [5.41, 5.74) is 2.89. The van der Waals surface area contributed by atoms with Crippen molar-refractivity contribution in [3.63, 3.8) is 0 Å². The van der Waals surface area contributed by atoms with Gasteiger partial charge in [0, 0.05) is 24.8 Å². The van der Waals surface area contributed by atoms with Crippen molar-refractivity contribution < 1.29 is 4.79 Å². The first kappa shape index (κ1) is 9.78. The number of carbonyl (C=O) groups excluding carboxylic acids is 1. The maximum atomic E-state index is 10.8. The van der Waals surface area contributed by atoms with Gasteiger partial charge in [-0.1, -0.05) is 11.6 Å². The van der Waals surface area contributed by atoms with E-state index in [1.807, 2.05) is 32.2 Å². The third kappa shape index (κ3) is 2.08. The number of nitrogens with zero attached hydrogens (tertiary/aromatic N) is 1. The lowest BCUT2D eigenvalue weighted by molar-refractivity contribution is 0.112. The largest absolute Gasteiger partial charge is 0.374 e. The van der Waals surface area contributed by atoms with Crippen molar-refractivity contribution in [2.75, 3.05) is 18.5 Å². The predicted molar refractivity (Wildman–Crippen MR) is 55.5 cm³/mol. The van der Waals surface area contributed by atoms with Crippen LogP contribution in [-0.2, 0) is 0 Å². The third-order valence-corrected chi connectivity index (χ3v) is 2.20. The zero-order chi connectivity index (χ0) is 9.84. The molecule has 0 saturated heterocycles. The molecule has 0 amide bonds. The van der Waals surface area contributed by atoms with E-state index >= 15 is 0 Å². The highest BCUT2D eigenvalue weighted by molar-refractivity contribution is 5.84. The number of aldehydes is 1. The van der Waals surface area contributed by atoms with Gasteiger partial charge in [-0.2, -0.15) is 0 Å². The Labute approximate surface area is 79.2 Å². The summed E-state index contributed by atoms with van der Waals surface area (Å²) in [7, 11) is 1.98. The second-order valence-electron chi connectivity index (χ2n) is 3.19. The predicted octanol–water partition coefficient (Wildman–Crippen LogP) is 2.26. The van der Waals surface area contributed by atoms with Gasteiger partial charge in [0.05, 0.1) is 0 Å². The molecule has 0 aromatic heterocycles. The van der Waals surface area contributed by atoms with E-state index in [-0.39, 0.29) is 0 Å². The zero-order valence-corrected chi connectivity index (χ0v) is 8.37. The van der Waals surface area contributed by atoms with Crippen LogP contribution in [0.2, 0.25) is 0 Å². The van der Waals surface area contributed by atoms with Crippen LogP contribution in [0.15, 0.2) is 18.2 Å². The standard InChI is InChI=1S/C11H15NO/c1-4-12(3)11-6-5-9(2)7-10(11)8-13/h5-8H,4H2,1-3H3. The summed E-state index contributed by atoms with van der Waals surface area (Å²) in [6.45, 7) is 4.96. The molecular formula is C11H15NO. The molecule has 2 heteroatoms. The van der Waals surface area contributed by atoms with Crippen molar-refractivity contribution in [3.05, 3.63) is 29.3 Å². The van der Waals surface area contributed by atoms with Crippen molar-refractivity contribution >= 4 is 12.0 Å². The fraction of sp³-hybridized carbons (Fsp3) is 0.364. The van der Waals surface area contributed by atoms with Crippen LogP contribution in [0.1, 0.15) is 22.8 Å². The average Bonchev–Trinajstić information content (AvgIpc) is 2.16. The van der Waals surface area contributed by atoms with Crippen LogP contribution in [0.4, 0.5) is 5.69 Å². The van der Waals surface area contributed by atoms with Crippen LogP contribution in [0.25, 0.3) is 0 Å². The normalized spacial score (nSPS) is 9.77. The van der Waals surface area contributed by atoms with Crippen molar-refractivity contribution in [1.29, 1.82) is 0 Å². The average molecular weight is 177 g/mol. The second kappa shape index (κ2) is 4.08. The molecule has 1 rings (SSSR count). The first-order chi connectivity index (χ1) is 6.19. The minimum atomic E-state index is 0.768. The van der Waals surface area contributed by atoms with E-state index in [0.29, 0.717) is 0 Å². The Balaban J connectivity index is 3.13. The monoisotopic (exact) mass is 177 g/mol. The number of anilines is 1. The molecule has 0 unspecified atom stereocenters. The van der Waals surface area contributed by atoms with E-state index in [4.69, 9.17) is 0 Å². The fourth-order valence-corrected chi connectivity index (χ4v) is 1.29. The highest BCUT2D eigenvalue weighted by Crippen LogP contribution is 2.18. The van der Waals surface area contributed by atoms with Gasteiger partial charge < -0.3 is 4.90 Å². The number of benzene rings is 1. The number of hydrogen-bond donors (Lipinski definition) is 0. The highest BCUT2D eigenvalue weighted by Gasteiger charge is 2.04. The molecule has 0 aliphatic carbocycles. The number of carbonyl (C=O) groups is 1. The van der Waals surface area contributed by atoms with Crippen LogP contribution in [0.3, 0.4) is 0 Å². The summed E-state index contributed by atoms with van der Waals surface area (Å²) in [5, 5.41) is 0. The van der Waals surface area contributed by atoms with E-state index in [1.54, 1.807) is 0 Å². The molecule has 70 valence electrons. The van der Waals surface area contributed by atoms with Crippen LogP contribution in [0, 0.1) is 6.92 Å². The topological polar surface area (TPSA) is 20.3 Å². The van der Waals surface area contributed by atoms with E-state index in [1.165, 1.54) is 0 Å². The lowest BCUT2D eigenvalue weighted by atomic mass is 10.1. The molecule has 1 aromatic rings. The third-order valence-electron chi connectivity index (χ3n) is 2.20. The summed E-state index contributed by atoms with van der Waals surface area (Å²) >= 11 is 0. The Morgan fingerprint density at radius 1 is 1.46 bits per heavy atom. The zero-order valence-electron chi connectivity index (χ0n) is 8.37. The maximum absolute atomic E-state index is 10.8. The van der Waals surface area contributed by atoms with Gasteiger partial charge in [-0.05, 0) is 26.0 Å². The SMILES string of the molecule is CCN(C)c1ccc(C)cc1C=O. The van der Waals surface area contributed by atoms with Gasteiger partial charge in [-0.3, -0.25) is 4.79 Å². The Morgan fingerprint density at radius 3 is 2.69 bits per heavy atom. The summed E-state index contributed by atoms with van der Waals surface area (Å²) < 4.78 is 0. The molecule has 0 bridgehead atoms. The molecule has 0 atom stereocenters. The Kier molecular flexibility index (Phi) is 3.07. The molecule has 2 nitrogen and oxygen atoms in total. The minimum absolute atomic E-state index is 0.768. The van der Waals surface area contributed by atoms with Gasteiger partial charge in [-0.15, -0.1) is 0 Å². The molecule has 0 heterocycles. The van der Waals surface area contributed by atoms with Gasteiger partial charge in [0.2, 0.25) is 0 Å². The molecule has 0 N–H and O–H groups in total. The molecule has 0 spiro atoms. The second-order valence-corrected chi connectivity index (χ2v) is 3.19. The van der Waals surface area contributed by atoms with Crippen molar-refractivity contribution in [2.45, 2.75) is 13.8 Å². The number of aryl methyl sites for hydroxylation is 1. The first-order valence-corrected chi connectivity index (χ1v) is 4.46. The van der Waals surface area contributed by atoms with Gasteiger partial charge >= 0.3 is 0 Å². The molecule has 1 aromatic carbocycles. The molecule has 0 aliphatic rings. The van der Waals surface area contributed by atoms with Crippen molar-refractivity contribution in [3.8, 4) is 0 Å². The minimum Gasteiger partial charge on any atom is -0.374 e. The Hall–Kier alpha value is -1.31. The fourth-order valence-electron chi connectivity index (χ4n) is 1.29. The molecule has 0 saturated carbocycles. The number of hydrogen-bond acceptors (Lipinski definition) is 2. The van der Waals surface area contributed by atoms with Crippen LogP contribution >= 0.6 is 0 Å². The van der Waals surface area contributed by atoms with E-state index < -0.39 is 0 Å². The van der Waals surface area contributed by atoms with Gasteiger partial charge in [0.15, 0.2) is 6.29 Å². The van der Waals surface area contributed by atoms with Gasteiger partial charge in [0.1, 0.15) is 0 Å². The van der Waals surface area contributed by atoms with Gasteiger partial charge in [0.25, 0.3) is 0 Å². The van der Waals surface area contributed by atoms with Crippen LogP contribution in [-0.4, -0.2) is 19.9 Å². The molecule has 0 fully saturated rings. The molecule has 0 radical (unpaired) electrons. The maximum Gasteiger partial charge on any atom is 0.152 e. The molecular weight excluding hydrogens is 162 g/mol. The Morgan fingerprint density at radius 2 is 2.15 bits per heavy atom. The van der Waals surface area contributed by atoms with E-state index in [0.717, 1.165) is 29.6 Å². The van der Waals surface area contributed by atoms with E-state index in [9.17, 15) is 4.79 Å². The van der Waals surface area contributed by atoms with Crippen molar-refractivity contribution in [2.24, 2.45) is 0 Å². The summed E-state index contributed by atoms with van der Waals surface area (Å²) in [6.07, 6.45) is 0.911. The molecule has 0 aliphatic heterocycles. The van der Waals surface area contributed by atoms with Crippen LogP contribution < -0.4 is 4.90 Å². The van der Waals surface area contributed by atoms with E-state index in [2.05, 4.69) is 11.8 Å². The lowest BCUT2D eigenvalue weighted by Crippen LogP contribution is -2.17. The van der Waals surface area contributed by atoms with Gasteiger partial charge in [-0.25, -0.2) is 0 Å². The summed E-state index contributed by atoms with van der Waals surface area (Å²) in [4.78, 5) is 12.8. The smallest absolute Gasteiger partial charge is 0.152 e. The first-order valence-electron chi connectivity index (χ1n) is 4.46. The quantitative estimate of drug-likeness (QED) is 0.660. The molecule has 13 heavy (non-hydrogen) atoms. The summed E-state index contributed by atoms with van der Waals surface area (Å²) in [6, 6.07) is 5.92. The number of rotatable bonds is 3. The Bertz CT molecular complexity index is 307. The highest BCUT2D eigenvalue weighted by atomic mass is 16.1. The van der Waals surface area contributed by atoms with Crippen LogP contribution in [0.5, 0.6) is 0 Å². The lowest BCUT2D eigenvalue weighted by Gasteiger charge is -2.18.